The van der Waals surface area contributed by atoms with E-state index in [4.69, 9.17) is 8.94 Å². The predicted octanol–water partition coefficient (Wildman–Crippen LogP) is 3.38. The number of aromatic nitrogens is 4. The van der Waals surface area contributed by atoms with Crippen molar-refractivity contribution in [1.29, 1.82) is 0 Å². The highest BCUT2D eigenvalue weighted by molar-refractivity contribution is 5.93. The second-order valence-electron chi connectivity index (χ2n) is 7.16. The molecule has 4 aromatic rings. The van der Waals surface area contributed by atoms with Crippen molar-refractivity contribution in [3.05, 3.63) is 77.8 Å². The van der Waals surface area contributed by atoms with Crippen molar-refractivity contribution in [2.24, 2.45) is 0 Å². The molecule has 0 saturated carbocycles. The van der Waals surface area contributed by atoms with Crippen molar-refractivity contribution in [3.8, 4) is 11.5 Å². The van der Waals surface area contributed by atoms with Gasteiger partial charge in [0, 0.05) is 25.1 Å². The fraction of sp³-hybridized carbons (Fsp3) is 0.238. The normalized spacial score (nSPS) is 19.0. The van der Waals surface area contributed by atoms with Crippen LogP contribution in [0.1, 0.15) is 39.6 Å². The molecule has 8 heteroatoms. The first-order valence-corrected chi connectivity index (χ1v) is 9.43. The summed E-state index contributed by atoms with van der Waals surface area (Å²) < 4.78 is 10.8. The van der Waals surface area contributed by atoms with Crippen LogP contribution < -0.4 is 0 Å². The third-order valence-electron chi connectivity index (χ3n) is 5.28. The molecular weight excluding hydrogens is 370 g/mol. The third-order valence-corrected chi connectivity index (χ3v) is 5.28. The third kappa shape index (κ3) is 3.22. The van der Waals surface area contributed by atoms with Gasteiger partial charge in [-0.15, -0.1) is 0 Å². The summed E-state index contributed by atoms with van der Waals surface area (Å²) >= 11 is 0. The monoisotopic (exact) mass is 389 g/mol. The van der Waals surface area contributed by atoms with Crippen LogP contribution in [0.15, 0.2) is 63.7 Å². The van der Waals surface area contributed by atoms with Gasteiger partial charge in [-0.05, 0) is 24.6 Å². The van der Waals surface area contributed by atoms with E-state index in [2.05, 4.69) is 32.5 Å². The maximum Gasteiger partial charge on any atom is 0.274 e. The molecule has 8 nitrogen and oxygen atoms in total. The van der Waals surface area contributed by atoms with E-state index in [0.29, 0.717) is 42.0 Å². The van der Waals surface area contributed by atoms with Gasteiger partial charge in [0.25, 0.3) is 5.91 Å². The highest BCUT2D eigenvalue weighted by atomic mass is 16.5. The van der Waals surface area contributed by atoms with Gasteiger partial charge in [0.1, 0.15) is 5.69 Å². The van der Waals surface area contributed by atoms with Gasteiger partial charge in [-0.3, -0.25) is 9.89 Å². The average Bonchev–Trinajstić information content (AvgIpc) is 3.54. The van der Waals surface area contributed by atoms with Gasteiger partial charge in [0.05, 0.1) is 12.2 Å². The van der Waals surface area contributed by atoms with E-state index in [1.54, 1.807) is 30.2 Å². The molecule has 2 atom stereocenters. The molecule has 1 aliphatic rings. The zero-order valence-electron chi connectivity index (χ0n) is 15.8. The van der Waals surface area contributed by atoms with E-state index in [9.17, 15) is 4.79 Å². The van der Waals surface area contributed by atoms with Gasteiger partial charge in [-0.2, -0.15) is 10.1 Å². The number of aromatic amines is 1. The van der Waals surface area contributed by atoms with E-state index in [1.165, 1.54) is 0 Å². The Morgan fingerprint density at radius 2 is 1.97 bits per heavy atom. The molecule has 0 radical (unpaired) electrons. The van der Waals surface area contributed by atoms with E-state index in [1.807, 2.05) is 24.3 Å². The number of carbonyl (C=O) groups excluding carboxylic acids is 1. The van der Waals surface area contributed by atoms with Crippen LogP contribution in [0.25, 0.3) is 11.5 Å². The largest absolute Gasteiger partial charge is 0.463 e. The van der Waals surface area contributed by atoms with Crippen molar-refractivity contribution >= 4 is 5.91 Å². The Morgan fingerprint density at radius 3 is 2.69 bits per heavy atom. The van der Waals surface area contributed by atoms with Crippen LogP contribution >= 0.6 is 0 Å². The molecule has 1 aliphatic heterocycles. The first-order valence-electron chi connectivity index (χ1n) is 9.43. The van der Waals surface area contributed by atoms with E-state index in [-0.39, 0.29) is 17.7 Å². The molecule has 3 aromatic heterocycles. The number of hydrogen-bond acceptors (Lipinski definition) is 6. The summed E-state index contributed by atoms with van der Waals surface area (Å²) in [6, 6.07) is 15.4. The minimum atomic E-state index is -0.140. The van der Waals surface area contributed by atoms with Crippen LogP contribution in [0.5, 0.6) is 0 Å². The number of benzene rings is 1. The van der Waals surface area contributed by atoms with E-state index in [0.717, 1.165) is 5.56 Å². The average molecular weight is 389 g/mol. The van der Waals surface area contributed by atoms with Gasteiger partial charge in [0.15, 0.2) is 17.3 Å². The number of hydrogen-bond donors (Lipinski definition) is 1. The molecule has 1 fully saturated rings. The SMILES string of the molecule is Cc1noc([C@H]2CN(C(=O)c3cc(-c4ccco4)[nH]n3)C[C@@H]2c2ccccc2)n1. The summed E-state index contributed by atoms with van der Waals surface area (Å²) in [6.45, 7) is 2.84. The molecule has 0 bridgehead atoms. The van der Waals surface area contributed by atoms with Gasteiger partial charge < -0.3 is 13.8 Å². The molecule has 0 aliphatic carbocycles. The minimum absolute atomic E-state index is 0.0639. The number of likely N-dealkylation sites (tertiary alicyclic amines) is 1. The zero-order valence-corrected chi connectivity index (χ0v) is 15.8. The molecular formula is C21H19N5O3. The molecule has 4 heterocycles. The van der Waals surface area contributed by atoms with Gasteiger partial charge in [-0.1, -0.05) is 35.5 Å². The van der Waals surface area contributed by atoms with Crippen molar-refractivity contribution in [2.45, 2.75) is 18.8 Å². The molecule has 146 valence electrons. The Hall–Kier alpha value is -3.68. The van der Waals surface area contributed by atoms with Crippen molar-refractivity contribution in [3.63, 3.8) is 0 Å². The number of H-pyrrole nitrogens is 1. The molecule has 1 aromatic carbocycles. The maximum absolute atomic E-state index is 13.1. The van der Waals surface area contributed by atoms with Crippen LogP contribution in [-0.4, -0.2) is 44.2 Å². The lowest BCUT2D eigenvalue weighted by Crippen LogP contribution is -2.29. The van der Waals surface area contributed by atoms with Crippen LogP contribution in [0.3, 0.4) is 0 Å². The Bertz CT molecular complexity index is 1120. The van der Waals surface area contributed by atoms with Gasteiger partial charge >= 0.3 is 0 Å². The topological polar surface area (TPSA) is 101 Å². The van der Waals surface area contributed by atoms with Gasteiger partial charge in [-0.25, -0.2) is 0 Å². The fourth-order valence-electron chi connectivity index (χ4n) is 3.87. The highest BCUT2D eigenvalue weighted by Crippen LogP contribution is 2.39. The molecule has 5 rings (SSSR count). The van der Waals surface area contributed by atoms with Crippen LogP contribution in [-0.2, 0) is 0 Å². The molecule has 0 unspecified atom stereocenters. The number of aryl methyl sites for hydroxylation is 1. The first-order chi connectivity index (χ1) is 14.2. The lowest BCUT2D eigenvalue weighted by atomic mass is 9.89. The zero-order chi connectivity index (χ0) is 19.8. The van der Waals surface area contributed by atoms with Crippen molar-refractivity contribution in [2.75, 3.05) is 13.1 Å². The lowest BCUT2D eigenvalue weighted by molar-refractivity contribution is 0.0782. The number of nitrogens with one attached hydrogen (secondary N) is 1. The number of amides is 1. The smallest absolute Gasteiger partial charge is 0.274 e. The predicted molar refractivity (Wildman–Crippen MR) is 103 cm³/mol. The standard InChI is InChI=1S/C21H19N5O3/c1-13-22-20(29-25-13)16-12-26(11-15(16)14-6-3-2-4-7-14)21(27)18-10-17(23-24-18)19-8-5-9-28-19/h2-10,15-16H,11-12H2,1H3,(H,23,24)/t15-,16+/m1/s1. The van der Waals surface area contributed by atoms with Crippen molar-refractivity contribution < 1.29 is 13.7 Å². The Labute approximate surface area is 166 Å². The highest BCUT2D eigenvalue weighted by Gasteiger charge is 2.40. The number of carbonyl (C=O) groups is 1. The summed E-state index contributed by atoms with van der Waals surface area (Å²) in [5, 5.41) is 11.0. The van der Waals surface area contributed by atoms with Crippen LogP contribution in [0.4, 0.5) is 0 Å². The molecule has 0 spiro atoms. The number of rotatable bonds is 4. The second kappa shape index (κ2) is 7.05. The lowest BCUT2D eigenvalue weighted by Gasteiger charge is -2.15. The van der Waals surface area contributed by atoms with Gasteiger partial charge in [0.2, 0.25) is 5.89 Å². The Balaban J connectivity index is 1.43. The van der Waals surface area contributed by atoms with E-state index < -0.39 is 0 Å². The number of nitrogens with zero attached hydrogens (tertiary/aromatic N) is 4. The second-order valence-corrected chi connectivity index (χ2v) is 7.16. The quantitative estimate of drug-likeness (QED) is 0.574. The molecule has 29 heavy (non-hydrogen) atoms. The maximum atomic E-state index is 13.1. The first kappa shape index (κ1) is 17.4. The Morgan fingerprint density at radius 1 is 1.14 bits per heavy atom. The van der Waals surface area contributed by atoms with Crippen LogP contribution in [0, 0.1) is 6.92 Å². The summed E-state index contributed by atoms with van der Waals surface area (Å²) in [6.07, 6.45) is 1.58. The van der Waals surface area contributed by atoms with Crippen LogP contribution in [0.2, 0.25) is 0 Å². The number of furan rings is 1. The summed E-state index contributed by atoms with van der Waals surface area (Å²) in [4.78, 5) is 19.4. The van der Waals surface area contributed by atoms with E-state index >= 15 is 0 Å². The summed E-state index contributed by atoms with van der Waals surface area (Å²) in [5.74, 6) is 1.66. The molecule has 1 N–H and O–H groups in total. The molecule has 1 saturated heterocycles. The summed E-state index contributed by atoms with van der Waals surface area (Å²) in [5.41, 5.74) is 2.16. The summed E-state index contributed by atoms with van der Waals surface area (Å²) in [7, 11) is 0. The van der Waals surface area contributed by atoms with Crippen molar-refractivity contribution in [1.82, 2.24) is 25.2 Å². The minimum Gasteiger partial charge on any atom is -0.463 e. The Kier molecular flexibility index (Phi) is 4.23. The fourth-order valence-corrected chi connectivity index (χ4v) is 3.87. The molecule has 1 amide bonds.